The fourth-order valence-electron chi connectivity index (χ4n) is 1.22. The van der Waals surface area contributed by atoms with E-state index in [0.29, 0.717) is 17.5 Å². The Morgan fingerprint density at radius 3 is 2.50 bits per heavy atom. The van der Waals surface area contributed by atoms with Gasteiger partial charge in [0, 0.05) is 0 Å². The Labute approximate surface area is 82.9 Å². The van der Waals surface area contributed by atoms with Gasteiger partial charge in [0.05, 0.1) is 0 Å². The van der Waals surface area contributed by atoms with Gasteiger partial charge in [0.25, 0.3) is 10.1 Å². The Morgan fingerprint density at radius 1 is 1.36 bits per heavy atom. The molecule has 1 rings (SSSR count). The Bertz CT molecular complexity index is 422. The molecular weight excluding hydrogens is 204 g/mol. The first-order chi connectivity index (χ1) is 6.42. The molecule has 0 aromatic heterocycles. The van der Waals surface area contributed by atoms with E-state index < -0.39 is 15.9 Å². The van der Waals surface area contributed by atoms with Crippen molar-refractivity contribution < 1.29 is 18.1 Å². The van der Waals surface area contributed by atoms with Gasteiger partial charge in [-0.1, -0.05) is 19.1 Å². The average molecular weight is 216 g/mol. The topological polar surface area (TPSA) is 74.6 Å². The van der Waals surface area contributed by atoms with Crippen molar-refractivity contribution in [2.45, 2.75) is 19.1 Å². The Hall–Kier alpha value is -1.07. The summed E-state index contributed by atoms with van der Waals surface area (Å²) in [7, 11) is -4.00. The van der Waals surface area contributed by atoms with Crippen molar-refractivity contribution in [1.29, 1.82) is 0 Å². The van der Waals surface area contributed by atoms with Crippen LogP contribution in [0.5, 0.6) is 5.75 Å². The highest BCUT2D eigenvalue weighted by Crippen LogP contribution is 2.19. The van der Waals surface area contributed by atoms with Crippen LogP contribution in [-0.2, 0) is 22.3 Å². The van der Waals surface area contributed by atoms with Crippen molar-refractivity contribution in [3.8, 4) is 5.75 Å². The molecule has 78 valence electrons. The number of benzene rings is 1. The summed E-state index contributed by atoms with van der Waals surface area (Å²) in [4.78, 5) is 0. The van der Waals surface area contributed by atoms with E-state index in [-0.39, 0.29) is 5.75 Å². The van der Waals surface area contributed by atoms with Gasteiger partial charge in [0.15, 0.2) is 0 Å². The predicted molar refractivity (Wildman–Crippen MR) is 52.7 cm³/mol. The maximum absolute atomic E-state index is 10.6. The first-order valence-corrected chi connectivity index (χ1v) is 5.79. The molecule has 0 bridgehead atoms. The quantitative estimate of drug-likeness (QED) is 0.748. The number of aromatic hydroxyl groups is 1. The minimum Gasteiger partial charge on any atom is -0.508 e. The zero-order chi connectivity index (χ0) is 10.8. The summed E-state index contributed by atoms with van der Waals surface area (Å²) in [5.41, 5.74) is 1.15. The second-order valence-electron chi connectivity index (χ2n) is 3.04. The maximum atomic E-state index is 10.6. The van der Waals surface area contributed by atoms with Crippen molar-refractivity contribution in [2.75, 3.05) is 0 Å². The maximum Gasteiger partial charge on any atom is 0.269 e. The van der Waals surface area contributed by atoms with E-state index in [9.17, 15) is 13.5 Å². The highest BCUT2D eigenvalue weighted by molar-refractivity contribution is 7.85. The van der Waals surface area contributed by atoms with Crippen molar-refractivity contribution in [1.82, 2.24) is 0 Å². The summed E-state index contributed by atoms with van der Waals surface area (Å²) in [5.74, 6) is -0.271. The van der Waals surface area contributed by atoms with Gasteiger partial charge in [-0.3, -0.25) is 4.55 Å². The van der Waals surface area contributed by atoms with Crippen molar-refractivity contribution in [3.05, 3.63) is 29.3 Å². The van der Waals surface area contributed by atoms with Crippen molar-refractivity contribution in [3.63, 3.8) is 0 Å². The SMILES string of the molecule is CCc1cc(CS(=O)(=O)O)ccc1O. The summed E-state index contributed by atoms with van der Waals surface area (Å²) >= 11 is 0. The minimum atomic E-state index is -4.00. The molecule has 0 unspecified atom stereocenters. The molecule has 0 spiro atoms. The second kappa shape index (κ2) is 3.98. The largest absolute Gasteiger partial charge is 0.508 e. The Kier molecular flexibility index (Phi) is 3.13. The lowest BCUT2D eigenvalue weighted by Crippen LogP contribution is -2.01. The third kappa shape index (κ3) is 3.01. The average Bonchev–Trinajstić information content (AvgIpc) is 2.06. The van der Waals surface area contributed by atoms with Crippen molar-refractivity contribution in [2.24, 2.45) is 0 Å². The standard InChI is InChI=1S/C9H12O4S/c1-2-8-5-7(3-4-9(8)10)6-14(11,12)13/h3-5,10H,2,6H2,1H3,(H,11,12,13). The van der Waals surface area contributed by atoms with E-state index in [2.05, 4.69) is 0 Å². The van der Waals surface area contributed by atoms with E-state index >= 15 is 0 Å². The van der Waals surface area contributed by atoms with Gasteiger partial charge in [-0.15, -0.1) is 0 Å². The number of hydrogen-bond acceptors (Lipinski definition) is 3. The fraction of sp³-hybridized carbons (Fsp3) is 0.333. The molecule has 0 aliphatic carbocycles. The molecule has 5 heteroatoms. The smallest absolute Gasteiger partial charge is 0.269 e. The summed E-state index contributed by atoms with van der Waals surface area (Å²) in [5, 5.41) is 9.32. The van der Waals surface area contributed by atoms with Gasteiger partial charge < -0.3 is 5.11 Å². The highest BCUT2D eigenvalue weighted by Gasteiger charge is 2.08. The Balaban J connectivity index is 3.01. The third-order valence-corrected chi connectivity index (χ3v) is 2.57. The number of aryl methyl sites for hydroxylation is 1. The van der Waals surface area contributed by atoms with Gasteiger partial charge in [0.1, 0.15) is 11.5 Å². The van der Waals surface area contributed by atoms with Crippen LogP contribution >= 0.6 is 0 Å². The summed E-state index contributed by atoms with van der Waals surface area (Å²) in [6, 6.07) is 4.48. The zero-order valence-electron chi connectivity index (χ0n) is 7.77. The van der Waals surface area contributed by atoms with Crippen LogP contribution < -0.4 is 0 Å². The first kappa shape index (κ1) is 11.0. The van der Waals surface area contributed by atoms with Crippen LogP contribution in [0, 0.1) is 0 Å². The molecule has 0 heterocycles. The summed E-state index contributed by atoms with van der Waals surface area (Å²) < 4.78 is 29.8. The molecule has 1 aromatic rings. The molecule has 0 aliphatic rings. The van der Waals surface area contributed by atoms with Crippen LogP contribution in [0.3, 0.4) is 0 Å². The van der Waals surface area contributed by atoms with Crippen LogP contribution in [0.2, 0.25) is 0 Å². The zero-order valence-corrected chi connectivity index (χ0v) is 8.58. The molecule has 0 saturated carbocycles. The fourth-order valence-corrected chi connectivity index (χ4v) is 1.82. The van der Waals surface area contributed by atoms with Gasteiger partial charge in [-0.25, -0.2) is 0 Å². The second-order valence-corrected chi connectivity index (χ2v) is 4.50. The van der Waals surface area contributed by atoms with Crippen LogP contribution in [0.15, 0.2) is 18.2 Å². The molecule has 0 fully saturated rings. The predicted octanol–water partition coefficient (Wildman–Crippen LogP) is 1.34. The molecule has 1 aromatic carbocycles. The molecule has 2 N–H and O–H groups in total. The minimum absolute atomic E-state index is 0.145. The number of rotatable bonds is 3. The summed E-state index contributed by atoms with van der Waals surface area (Å²) in [6.07, 6.45) is 0.616. The van der Waals surface area contributed by atoms with Gasteiger partial charge in [0.2, 0.25) is 0 Å². The molecule has 0 aliphatic heterocycles. The first-order valence-electron chi connectivity index (χ1n) is 4.18. The number of phenols is 1. The van der Waals surface area contributed by atoms with E-state index in [0.717, 1.165) is 0 Å². The van der Waals surface area contributed by atoms with Gasteiger partial charge in [-0.05, 0) is 23.6 Å². The molecule has 0 saturated heterocycles. The molecule has 0 atom stereocenters. The molecule has 0 amide bonds. The molecule has 4 nitrogen and oxygen atoms in total. The molecule has 14 heavy (non-hydrogen) atoms. The van der Waals surface area contributed by atoms with Gasteiger partial charge >= 0.3 is 0 Å². The van der Waals surface area contributed by atoms with Crippen molar-refractivity contribution >= 4 is 10.1 Å². The van der Waals surface area contributed by atoms with Crippen LogP contribution in [-0.4, -0.2) is 18.1 Å². The Morgan fingerprint density at radius 2 is 2.00 bits per heavy atom. The van der Waals surface area contributed by atoms with Crippen LogP contribution in [0.4, 0.5) is 0 Å². The highest BCUT2D eigenvalue weighted by atomic mass is 32.2. The molecule has 0 radical (unpaired) electrons. The van der Waals surface area contributed by atoms with Crippen LogP contribution in [0.1, 0.15) is 18.1 Å². The lowest BCUT2D eigenvalue weighted by molar-refractivity contribution is 0.467. The summed E-state index contributed by atoms with van der Waals surface area (Å²) in [6.45, 7) is 1.85. The van der Waals surface area contributed by atoms with E-state index in [1.54, 1.807) is 6.07 Å². The van der Waals surface area contributed by atoms with Gasteiger partial charge in [-0.2, -0.15) is 8.42 Å². The number of hydrogen-bond donors (Lipinski definition) is 2. The lowest BCUT2D eigenvalue weighted by Gasteiger charge is -2.04. The molecular formula is C9H12O4S. The van der Waals surface area contributed by atoms with Crippen LogP contribution in [0.25, 0.3) is 0 Å². The normalized spacial score (nSPS) is 11.6. The lowest BCUT2D eigenvalue weighted by atomic mass is 10.1. The van der Waals surface area contributed by atoms with E-state index in [1.807, 2.05) is 6.92 Å². The van der Waals surface area contributed by atoms with E-state index in [1.165, 1.54) is 12.1 Å². The van der Waals surface area contributed by atoms with E-state index in [4.69, 9.17) is 4.55 Å². The third-order valence-electron chi connectivity index (χ3n) is 1.87. The number of phenolic OH excluding ortho intramolecular Hbond substituents is 1. The monoisotopic (exact) mass is 216 g/mol.